The van der Waals surface area contributed by atoms with E-state index in [0.717, 1.165) is 84.2 Å². The van der Waals surface area contributed by atoms with Crippen LogP contribution in [0.25, 0.3) is 195 Å². The molecule has 0 atom stereocenters. The normalized spacial score (nSPS) is 12.2. The van der Waals surface area contributed by atoms with E-state index in [-0.39, 0.29) is 0 Å². The number of benzene rings is 18. The lowest BCUT2D eigenvalue weighted by Gasteiger charge is -2.32. The SMILES string of the molecule is c1ccc(-c2nc(-c3ccc4c(c3)sc3ccccc34)nc(N3c4ccccc4-c4cccc5cccc3c45)n2)cc1.c1ccc(-c2nc(-c3ccc4sc5ccccc5c4c3)nc(N3c4ccccc4-c4cccc5cccc3c45)n2)cc1.c1ccc(-c2nc(-c3cccc4sc5ccccc5c34)nc(N3c4ccccc4-c4cccc5cccc3c45)n2)cc1. The number of para-hydroxylation sites is 3. The Bertz CT molecular complexity index is 8520. The van der Waals surface area contributed by atoms with Crippen molar-refractivity contribution >= 4 is 179 Å². The second kappa shape index (κ2) is 29.9. The molecule has 0 spiro atoms. The van der Waals surface area contributed by atoms with E-state index in [4.69, 9.17) is 44.9 Å². The van der Waals surface area contributed by atoms with Crippen LogP contribution in [0.1, 0.15) is 0 Å². The molecule has 3 aliphatic heterocycles. The average molecular weight is 1660 g/mol. The number of hydrogen-bond donors (Lipinski definition) is 0. The summed E-state index contributed by atoms with van der Waals surface area (Å²) in [5.74, 6) is 5.72. The summed E-state index contributed by atoms with van der Waals surface area (Å²) < 4.78 is 7.51. The lowest BCUT2D eigenvalue weighted by atomic mass is 9.91. The Balaban J connectivity index is 0.000000103. The summed E-state index contributed by atoms with van der Waals surface area (Å²) in [6, 6.07) is 140. The lowest BCUT2D eigenvalue weighted by Crippen LogP contribution is -2.18. The summed E-state index contributed by atoms with van der Waals surface area (Å²) in [5.41, 5.74) is 19.3. The topological polar surface area (TPSA) is 126 Å². The van der Waals surface area contributed by atoms with Crippen molar-refractivity contribution in [3.63, 3.8) is 0 Å². The second-order valence-corrected chi connectivity index (χ2v) is 34.7. The van der Waals surface area contributed by atoms with Crippen LogP contribution in [0, 0.1) is 0 Å². The lowest BCUT2D eigenvalue weighted by molar-refractivity contribution is 1.02. The van der Waals surface area contributed by atoms with Crippen LogP contribution < -0.4 is 14.7 Å². The summed E-state index contributed by atoms with van der Waals surface area (Å²) in [6.45, 7) is 0. The Hall–Kier alpha value is -16.2. The van der Waals surface area contributed by atoms with Crippen molar-refractivity contribution in [2.75, 3.05) is 14.7 Å². The predicted molar refractivity (Wildman–Crippen MR) is 524 cm³/mol. The van der Waals surface area contributed by atoms with Crippen molar-refractivity contribution in [1.82, 2.24) is 44.9 Å². The van der Waals surface area contributed by atoms with Crippen molar-refractivity contribution in [1.29, 1.82) is 0 Å². The first-order valence-corrected chi connectivity index (χ1v) is 44.3. The van der Waals surface area contributed by atoms with Gasteiger partial charge in [0.1, 0.15) is 0 Å². The Labute approximate surface area is 735 Å². The fourth-order valence-corrected chi connectivity index (χ4v) is 21.9. The first kappa shape index (κ1) is 72.6. The maximum absolute atomic E-state index is 5.26. The smallest absolute Gasteiger partial charge is 0.238 e. The number of thiophene rings is 3. The zero-order valence-electron chi connectivity index (χ0n) is 67.2. The molecule has 9 heterocycles. The second-order valence-electron chi connectivity index (χ2n) is 31.4. The van der Waals surface area contributed by atoms with E-state index < -0.39 is 0 Å². The van der Waals surface area contributed by atoms with E-state index in [0.29, 0.717) is 52.8 Å². The Kier molecular flexibility index (Phi) is 17.2. The molecule has 126 heavy (non-hydrogen) atoms. The largest absolute Gasteiger partial charge is 0.278 e. The van der Waals surface area contributed by atoms with Gasteiger partial charge in [0, 0.05) is 127 Å². The van der Waals surface area contributed by atoms with Crippen molar-refractivity contribution in [3.8, 4) is 102 Å². The molecule has 588 valence electrons. The standard InChI is InChI=1S/3C37H22N4S/c1-2-11-24(12-3-1)35-38-36(28-18-10-22-32-34(28)27-16-5-7-21-31(27)42-32)40-37(39-35)41-29-19-6-4-15-25(29)26-17-8-13-23-14-9-20-30(41)33(23)26;1-2-10-24(11-3-1)35-38-36(25-20-21-28-27-15-5-7-19-32(27)42-33(28)22-25)40-37(39-35)41-30-17-6-4-14-26(30)29-16-8-12-23-13-9-18-31(41)34(23)29;1-2-10-24(11-3-1)35-38-36(25-20-21-33-29(22-25)27-15-5-7-19-32(27)42-33)40-37(39-35)41-30-17-6-4-14-26(30)28-16-8-12-23-13-9-18-31(41)34(23)28/h3*1-22H. The summed E-state index contributed by atoms with van der Waals surface area (Å²) in [7, 11) is 0. The highest BCUT2D eigenvalue weighted by atomic mass is 32.1. The molecule has 27 rings (SSSR count). The molecular formula is C111H66N12S3. The van der Waals surface area contributed by atoms with Crippen molar-refractivity contribution < 1.29 is 0 Å². The molecule has 18 aromatic carbocycles. The predicted octanol–water partition coefficient (Wildman–Crippen LogP) is 30.5. The minimum atomic E-state index is 0.601. The molecule has 0 fully saturated rings. The van der Waals surface area contributed by atoms with Gasteiger partial charge in [0.05, 0.1) is 34.1 Å². The van der Waals surface area contributed by atoms with E-state index in [1.807, 2.05) is 65.9 Å². The van der Waals surface area contributed by atoms with E-state index in [1.54, 1.807) is 22.7 Å². The first-order chi connectivity index (χ1) is 62.5. The van der Waals surface area contributed by atoms with Crippen LogP contribution >= 0.6 is 34.0 Å². The Morgan fingerprint density at radius 3 is 0.921 bits per heavy atom. The molecule has 0 N–H and O–H groups in total. The zero-order chi connectivity index (χ0) is 82.9. The highest BCUT2D eigenvalue weighted by Gasteiger charge is 2.33. The first-order valence-electron chi connectivity index (χ1n) is 41.9. The highest BCUT2D eigenvalue weighted by molar-refractivity contribution is 7.26. The third-order valence-corrected chi connectivity index (χ3v) is 27.6. The average Bonchev–Trinajstić information content (AvgIpc) is 1.29. The van der Waals surface area contributed by atoms with Crippen molar-refractivity contribution in [2.24, 2.45) is 0 Å². The molecule has 12 nitrogen and oxygen atoms in total. The van der Waals surface area contributed by atoms with E-state index in [1.165, 1.54) is 110 Å². The van der Waals surface area contributed by atoms with Gasteiger partial charge in [-0.3, -0.25) is 14.7 Å². The van der Waals surface area contributed by atoms with Gasteiger partial charge in [-0.05, 0) is 118 Å². The summed E-state index contributed by atoms with van der Waals surface area (Å²) in [5, 5.41) is 14.6. The fraction of sp³-hybridized carbons (Fsp3) is 0. The van der Waals surface area contributed by atoms with Crippen LogP contribution in [0.5, 0.6) is 0 Å². The van der Waals surface area contributed by atoms with Gasteiger partial charge in [-0.25, -0.2) is 15.0 Å². The number of fused-ring (bicyclic) bond motifs is 15. The number of anilines is 9. The maximum Gasteiger partial charge on any atom is 0.238 e. The van der Waals surface area contributed by atoms with Crippen LogP contribution in [0.3, 0.4) is 0 Å². The molecule has 3 aliphatic rings. The van der Waals surface area contributed by atoms with Gasteiger partial charge in [0.2, 0.25) is 17.8 Å². The highest BCUT2D eigenvalue weighted by Crippen LogP contribution is 2.55. The van der Waals surface area contributed by atoms with Gasteiger partial charge in [-0.2, -0.15) is 29.9 Å². The molecule has 6 aromatic heterocycles. The van der Waals surface area contributed by atoms with Crippen molar-refractivity contribution in [3.05, 3.63) is 400 Å². The number of aromatic nitrogens is 9. The van der Waals surface area contributed by atoms with Gasteiger partial charge in [-0.1, -0.05) is 315 Å². The molecule has 24 aromatic rings. The van der Waals surface area contributed by atoms with Gasteiger partial charge < -0.3 is 0 Å². The monoisotopic (exact) mass is 1660 g/mol. The minimum absolute atomic E-state index is 0.601. The van der Waals surface area contributed by atoms with Gasteiger partial charge in [0.25, 0.3) is 0 Å². The molecule has 0 bridgehead atoms. The number of hydrogen-bond acceptors (Lipinski definition) is 15. The zero-order valence-corrected chi connectivity index (χ0v) is 69.6. The van der Waals surface area contributed by atoms with Gasteiger partial charge in [0.15, 0.2) is 34.9 Å². The quantitative estimate of drug-likeness (QED) is 0.137. The fourth-order valence-electron chi connectivity index (χ4n) is 18.5. The Morgan fingerprint density at radius 2 is 0.452 bits per heavy atom. The van der Waals surface area contributed by atoms with Crippen molar-refractivity contribution in [2.45, 2.75) is 0 Å². The van der Waals surface area contributed by atoms with Crippen LogP contribution in [-0.2, 0) is 0 Å². The summed E-state index contributed by atoms with van der Waals surface area (Å²) in [4.78, 5) is 52.8. The molecule has 15 heteroatoms. The molecule has 0 radical (unpaired) electrons. The number of nitrogens with zero attached hydrogens (tertiary/aromatic N) is 12. The van der Waals surface area contributed by atoms with Gasteiger partial charge >= 0.3 is 0 Å². The molecule has 0 aliphatic carbocycles. The Morgan fingerprint density at radius 1 is 0.159 bits per heavy atom. The van der Waals surface area contributed by atoms with Crippen LogP contribution in [-0.4, -0.2) is 44.9 Å². The van der Waals surface area contributed by atoms with E-state index in [2.05, 4.69) is 360 Å². The van der Waals surface area contributed by atoms with E-state index in [9.17, 15) is 0 Å². The van der Waals surface area contributed by atoms with Gasteiger partial charge in [-0.15, -0.1) is 34.0 Å². The third kappa shape index (κ3) is 12.2. The summed E-state index contributed by atoms with van der Waals surface area (Å²) >= 11 is 5.42. The maximum atomic E-state index is 5.26. The van der Waals surface area contributed by atoms with Crippen LogP contribution in [0.15, 0.2) is 400 Å². The molecular weight excluding hydrogens is 1600 g/mol. The molecule has 0 unspecified atom stereocenters. The molecule has 0 saturated carbocycles. The minimum Gasteiger partial charge on any atom is -0.278 e. The molecule has 0 saturated heterocycles. The van der Waals surface area contributed by atoms with Crippen LogP contribution in [0.2, 0.25) is 0 Å². The van der Waals surface area contributed by atoms with E-state index >= 15 is 0 Å². The van der Waals surface area contributed by atoms with Crippen LogP contribution in [0.4, 0.5) is 52.0 Å². The number of rotatable bonds is 9. The molecule has 0 amide bonds. The third-order valence-electron chi connectivity index (χ3n) is 24.2. The summed E-state index contributed by atoms with van der Waals surface area (Å²) in [6.07, 6.45) is 0.